The Morgan fingerprint density at radius 2 is 1.52 bits per heavy atom. The summed E-state index contributed by atoms with van der Waals surface area (Å²) < 4.78 is 34.6. The normalized spacial score (nSPS) is 11.8. The summed E-state index contributed by atoms with van der Waals surface area (Å²) in [6.45, 7) is 1.09. The van der Waals surface area contributed by atoms with Gasteiger partial charge in [-0.1, -0.05) is 83.4 Å². The monoisotopic (exact) mass is 653 g/mol. The molecule has 0 radical (unpaired) electrons. The minimum atomic E-state index is -4.25. The van der Waals surface area contributed by atoms with Crippen LogP contribution in [0.15, 0.2) is 102 Å². The fourth-order valence-corrected chi connectivity index (χ4v) is 6.63. The molecular formula is C33H33Cl2N3O5S. The van der Waals surface area contributed by atoms with Crippen molar-refractivity contribution in [1.29, 1.82) is 0 Å². The average molecular weight is 655 g/mol. The van der Waals surface area contributed by atoms with Crippen LogP contribution in [-0.4, -0.2) is 51.9 Å². The van der Waals surface area contributed by atoms with Crippen molar-refractivity contribution in [3.8, 4) is 5.75 Å². The Kier molecular flexibility index (Phi) is 10.9. The second kappa shape index (κ2) is 14.6. The minimum absolute atomic E-state index is 0.00607. The number of amides is 2. The fourth-order valence-electron chi connectivity index (χ4n) is 4.71. The maximum Gasteiger partial charge on any atom is 0.264 e. The molecule has 0 aliphatic rings. The highest BCUT2D eigenvalue weighted by molar-refractivity contribution is 7.92. The topological polar surface area (TPSA) is 96.0 Å². The number of anilines is 1. The predicted octanol–water partition coefficient (Wildman–Crippen LogP) is 5.89. The van der Waals surface area contributed by atoms with Crippen molar-refractivity contribution in [2.45, 2.75) is 30.8 Å². The number of ether oxygens (including phenoxy) is 1. The van der Waals surface area contributed by atoms with Crippen LogP contribution in [-0.2, 0) is 32.6 Å². The molecule has 4 aromatic carbocycles. The zero-order valence-electron chi connectivity index (χ0n) is 24.5. The van der Waals surface area contributed by atoms with E-state index in [2.05, 4.69) is 5.32 Å². The lowest BCUT2D eigenvalue weighted by molar-refractivity contribution is -0.139. The Morgan fingerprint density at radius 3 is 2.14 bits per heavy atom. The third-order valence-electron chi connectivity index (χ3n) is 7.14. The summed E-state index contributed by atoms with van der Waals surface area (Å²) in [7, 11) is -1.30. The molecule has 4 rings (SSSR count). The van der Waals surface area contributed by atoms with Gasteiger partial charge in [-0.05, 0) is 48.9 Å². The van der Waals surface area contributed by atoms with E-state index in [9.17, 15) is 18.0 Å². The average Bonchev–Trinajstić information content (AvgIpc) is 3.02. The smallest absolute Gasteiger partial charge is 0.264 e. The number of aryl methyl sites for hydroxylation is 1. The van der Waals surface area contributed by atoms with Crippen LogP contribution >= 0.6 is 23.2 Å². The first-order chi connectivity index (χ1) is 21.0. The third kappa shape index (κ3) is 7.72. The summed E-state index contributed by atoms with van der Waals surface area (Å²) in [5.41, 5.74) is 2.33. The lowest BCUT2D eigenvalue weighted by Gasteiger charge is -2.34. The van der Waals surface area contributed by atoms with Gasteiger partial charge in [-0.2, -0.15) is 0 Å². The number of halogens is 2. The maximum absolute atomic E-state index is 14.4. The molecule has 0 aliphatic heterocycles. The highest BCUT2D eigenvalue weighted by Crippen LogP contribution is 2.30. The van der Waals surface area contributed by atoms with Gasteiger partial charge in [0.25, 0.3) is 10.0 Å². The van der Waals surface area contributed by atoms with Crippen molar-refractivity contribution in [2.75, 3.05) is 25.0 Å². The maximum atomic E-state index is 14.4. The molecule has 4 aromatic rings. The Hall–Kier alpha value is -4.05. The molecule has 0 saturated carbocycles. The Labute approximate surface area is 268 Å². The summed E-state index contributed by atoms with van der Waals surface area (Å²) in [6.07, 6.45) is 0.165. The zero-order valence-corrected chi connectivity index (χ0v) is 26.9. The zero-order chi connectivity index (χ0) is 31.9. The van der Waals surface area contributed by atoms with Crippen molar-refractivity contribution in [3.63, 3.8) is 0 Å². The molecule has 0 bridgehead atoms. The molecule has 0 saturated heterocycles. The molecule has 0 spiro atoms. The van der Waals surface area contributed by atoms with Gasteiger partial charge < -0.3 is 15.0 Å². The lowest BCUT2D eigenvalue weighted by Crippen LogP contribution is -2.53. The first kappa shape index (κ1) is 32.9. The van der Waals surface area contributed by atoms with Crippen LogP contribution in [0.4, 0.5) is 5.69 Å². The first-order valence-electron chi connectivity index (χ1n) is 13.8. The van der Waals surface area contributed by atoms with Crippen LogP contribution in [0, 0.1) is 6.92 Å². The molecule has 0 fully saturated rings. The summed E-state index contributed by atoms with van der Waals surface area (Å²) in [5, 5.41) is 3.27. The summed E-state index contributed by atoms with van der Waals surface area (Å²) in [5.74, 6) is -0.658. The van der Waals surface area contributed by atoms with Crippen LogP contribution < -0.4 is 14.4 Å². The van der Waals surface area contributed by atoms with Crippen molar-refractivity contribution in [1.82, 2.24) is 10.2 Å². The van der Waals surface area contributed by atoms with Crippen LogP contribution in [0.25, 0.3) is 0 Å². The van der Waals surface area contributed by atoms with Crippen molar-refractivity contribution in [2.24, 2.45) is 0 Å². The number of carbonyl (C=O) groups excluding carboxylic acids is 2. The molecule has 1 N–H and O–H groups in total. The Balaban J connectivity index is 1.83. The van der Waals surface area contributed by atoms with E-state index in [0.717, 1.165) is 15.4 Å². The summed E-state index contributed by atoms with van der Waals surface area (Å²) in [4.78, 5) is 29.1. The van der Waals surface area contributed by atoms with E-state index in [1.165, 1.54) is 37.3 Å². The number of benzene rings is 4. The molecule has 11 heteroatoms. The molecular weight excluding hydrogens is 621 g/mol. The number of sulfonamides is 1. The van der Waals surface area contributed by atoms with Gasteiger partial charge in [-0.25, -0.2) is 8.42 Å². The number of nitrogens with one attached hydrogen (secondary N) is 1. The number of methoxy groups -OCH3 is 1. The van der Waals surface area contributed by atoms with Gasteiger partial charge in [0.2, 0.25) is 11.8 Å². The predicted molar refractivity (Wildman–Crippen MR) is 174 cm³/mol. The molecule has 0 aromatic heterocycles. The largest absolute Gasteiger partial charge is 0.497 e. The lowest BCUT2D eigenvalue weighted by atomic mass is 10.0. The van der Waals surface area contributed by atoms with E-state index in [-0.39, 0.29) is 23.5 Å². The van der Waals surface area contributed by atoms with E-state index in [0.29, 0.717) is 21.4 Å². The van der Waals surface area contributed by atoms with Crippen LogP contribution in [0.3, 0.4) is 0 Å². The van der Waals surface area contributed by atoms with Crippen molar-refractivity contribution in [3.05, 3.63) is 124 Å². The van der Waals surface area contributed by atoms with Gasteiger partial charge in [0.15, 0.2) is 0 Å². The van der Waals surface area contributed by atoms with Crippen LogP contribution in [0.5, 0.6) is 5.75 Å². The number of carbonyl (C=O) groups is 2. The number of hydrogen-bond donors (Lipinski definition) is 1. The van der Waals surface area contributed by atoms with Gasteiger partial charge >= 0.3 is 0 Å². The van der Waals surface area contributed by atoms with Gasteiger partial charge in [0.05, 0.1) is 17.7 Å². The van der Waals surface area contributed by atoms with E-state index >= 15 is 0 Å². The highest BCUT2D eigenvalue weighted by atomic mass is 35.5. The second-order valence-corrected chi connectivity index (χ2v) is 12.7. The third-order valence-corrected chi connectivity index (χ3v) is 9.63. The fraction of sp³-hybridized carbons (Fsp3) is 0.212. The quantitative estimate of drug-likeness (QED) is 0.206. The van der Waals surface area contributed by atoms with Gasteiger partial charge in [-0.3, -0.25) is 13.9 Å². The number of likely N-dealkylation sites (N-methyl/N-ethyl adjacent to an activating group) is 1. The number of hydrogen-bond acceptors (Lipinski definition) is 5. The summed E-state index contributed by atoms with van der Waals surface area (Å²) >= 11 is 13.0. The minimum Gasteiger partial charge on any atom is -0.497 e. The Morgan fingerprint density at radius 1 is 0.886 bits per heavy atom. The number of nitrogens with zero attached hydrogens (tertiary/aromatic N) is 2. The van der Waals surface area contributed by atoms with Crippen LogP contribution in [0.1, 0.15) is 16.7 Å². The van der Waals surface area contributed by atoms with Gasteiger partial charge in [0.1, 0.15) is 18.3 Å². The Bertz CT molecular complexity index is 1700. The van der Waals surface area contributed by atoms with Crippen molar-refractivity contribution < 1.29 is 22.7 Å². The van der Waals surface area contributed by atoms with E-state index in [1.807, 2.05) is 37.3 Å². The SMILES string of the molecule is CNC(=O)C(Cc1ccccc1)N(Cc1c(Cl)cccc1Cl)C(=O)CN(c1cccc(OC)c1)S(=O)(=O)c1ccc(C)cc1. The molecule has 0 aliphatic carbocycles. The molecule has 1 unspecified atom stereocenters. The van der Waals surface area contributed by atoms with E-state index < -0.39 is 34.4 Å². The summed E-state index contributed by atoms with van der Waals surface area (Å²) in [6, 6.07) is 26.0. The molecule has 2 amide bonds. The molecule has 44 heavy (non-hydrogen) atoms. The molecule has 1 atom stereocenters. The first-order valence-corrected chi connectivity index (χ1v) is 16.0. The molecule has 230 valence electrons. The highest BCUT2D eigenvalue weighted by Gasteiger charge is 2.35. The molecule has 8 nitrogen and oxygen atoms in total. The van der Waals surface area contributed by atoms with Crippen LogP contribution in [0.2, 0.25) is 10.0 Å². The number of rotatable bonds is 12. The van der Waals surface area contributed by atoms with Crippen molar-refractivity contribution >= 4 is 50.7 Å². The standard InChI is InChI=1S/C33H33Cl2N3O5S/c1-23-15-17-27(18-16-23)44(41,42)38(25-11-7-12-26(20-25)43-3)22-32(39)37(21-28-29(34)13-8-14-30(28)35)31(33(40)36-2)19-24-9-5-4-6-10-24/h4-18,20,31H,19,21-22H2,1-3H3,(H,36,40). The van der Waals surface area contributed by atoms with Gasteiger partial charge in [-0.15, -0.1) is 0 Å². The van der Waals surface area contributed by atoms with Gasteiger partial charge in [0, 0.05) is 41.7 Å². The van der Waals surface area contributed by atoms with E-state index in [4.69, 9.17) is 27.9 Å². The molecule has 0 heterocycles. The second-order valence-electron chi connectivity index (χ2n) is 10.1. The van der Waals surface area contributed by atoms with E-state index in [1.54, 1.807) is 48.5 Å².